The highest BCUT2D eigenvalue weighted by Gasteiger charge is 2.27. The molecule has 3 aromatic heterocycles. The Labute approximate surface area is 168 Å². The summed E-state index contributed by atoms with van der Waals surface area (Å²) in [5, 5.41) is 3.93. The van der Waals surface area contributed by atoms with Crippen LogP contribution in [-0.2, 0) is 0 Å². The van der Waals surface area contributed by atoms with Crippen LogP contribution in [0.5, 0.6) is 0 Å². The van der Waals surface area contributed by atoms with Gasteiger partial charge in [0.15, 0.2) is 5.82 Å². The minimum absolute atomic E-state index is 0.320. The van der Waals surface area contributed by atoms with E-state index in [-0.39, 0.29) is 0 Å². The summed E-state index contributed by atoms with van der Waals surface area (Å²) in [5.41, 5.74) is 3.08. The summed E-state index contributed by atoms with van der Waals surface area (Å²) in [6, 6.07) is 14.2. The summed E-state index contributed by atoms with van der Waals surface area (Å²) in [4.78, 5) is 19.5. The van der Waals surface area contributed by atoms with Crippen molar-refractivity contribution < 1.29 is 4.52 Å². The predicted molar refractivity (Wildman–Crippen MR) is 110 cm³/mol. The first-order chi connectivity index (χ1) is 14.3. The van der Waals surface area contributed by atoms with Crippen molar-refractivity contribution in [2.45, 2.75) is 25.7 Å². The van der Waals surface area contributed by atoms with E-state index in [0.717, 1.165) is 54.4 Å². The van der Waals surface area contributed by atoms with Crippen LogP contribution in [0.1, 0.15) is 30.4 Å². The van der Waals surface area contributed by atoms with Gasteiger partial charge in [-0.15, -0.1) is 0 Å². The number of hydrogen-bond acceptors (Lipinski definition) is 6. The van der Waals surface area contributed by atoms with Crippen molar-refractivity contribution in [1.29, 1.82) is 0 Å². The first kappa shape index (κ1) is 17.6. The molecule has 29 heavy (non-hydrogen) atoms. The van der Waals surface area contributed by atoms with Gasteiger partial charge in [-0.2, -0.15) is 4.98 Å². The van der Waals surface area contributed by atoms with Crippen LogP contribution < -0.4 is 4.90 Å². The number of pyridine rings is 1. The summed E-state index contributed by atoms with van der Waals surface area (Å²) in [5.74, 6) is 3.36. The van der Waals surface area contributed by atoms with Crippen LogP contribution in [0, 0.1) is 6.92 Å². The van der Waals surface area contributed by atoms with E-state index in [1.165, 1.54) is 0 Å². The van der Waals surface area contributed by atoms with Crippen LogP contribution in [0.3, 0.4) is 0 Å². The highest BCUT2D eigenvalue weighted by Crippen LogP contribution is 2.33. The average molecular weight is 386 g/mol. The highest BCUT2D eigenvalue weighted by molar-refractivity contribution is 5.70. The van der Waals surface area contributed by atoms with Crippen molar-refractivity contribution in [3.05, 3.63) is 66.5 Å². The fraction of sp³-hybridized carbons (Fsp3) is 0.273. The van der Waals surface area contributed by atoms with Crippen molar-refractivity contribution >= 4 is 5.82 Å². The number of anilines is 1. The van der Waals surface area contributed by atoms with Gasteiger partial charge in [0.1, 0.15) is 11.6 Å². The molecule has 7 nitrogen and oxygen atoms in total. The number of imidazole rings is 1. The number of aromatic nitrogens is 5. The third kappa shape index (κ3) is 3.51. The maximum Gasteiger partial charge on any atom is 0.261 e. The minimum atomic E-state index is 0.320. The van der Waals surface area contributed by atoms with E-state index in [4.69, 9.17) is 4.52 Å². The van der Waals surface area contributed by atoms with Crippen LogP contribution in [-0.4, -0.2) is 38.2 Å². The van der Waals surface area contributed by atoms with E-state index in [1.807, 2.05) is 49.6 Å². The summed E-state index contributed by atoms with van der Waals surface area (Å²) >= 11 is 0. The molecule has 1 saturated heterocycles. The second-order valence-electron chi connectivity index (χ2n) is 7.35. The fourth-order valence-electron chi connectivity index (χ4n) is 3.92. The van der Waals surface area contributed by atoms with E-state index >= 15 is 0 Å². The standard InChI is InChI=1S/C22H22N6O/c1-15-25-22(29-27-15)18-10-5-11-23-21(18)28-12-6-9-17(14-28)20-24-13-19(26-20)16-7-3-2-4-8-16/h2-5,7-8,10-11,13,17H,6,9,12,14H2,1H3,(H,24,26). The van der Waals surface area contributed by atoms with Gasteiger partial charge in [0.25, 0.3) is 5.89 Å². The zero-order chi connectivity index (χ0) is 19.6. The predicted octanol–water partition coefficient (Wildman–Crippen LogP) is 4.21. The summed E-state index contributed by atoms with van der Waals surface area (Å²) in [6.07, 6.45) is 5.91. The van der Waals surface area contributed by atoms with Crippen molar-refractivity contribution in [2.24, 2.45) is 0 Å². The first-order valence-corrected chi connectivity index (χ1v) is 9.89. The molecular formula is C22H22N6O. The second kappa shape index (κ2) is 7.50. The Bertz CT molecular complexity index is 1100. The maximum atomic E-state index is 5.40. The largest absolute Gasteiger partial charge is 0.355 e. The van der Waals surface area contributed by atoms with Crippen LogP contribution >= 0.6 is 0 Å². The molecule has 0 spiro atoms. The topological polar surface area (TPSA) is 83.7 Å². The van der Waals surface area contributed by atoms with E-state index in [1.54, 1.807) is 0 Å². The van der Waals surface area contributed by atoms with Crippen LogP contribution in [0.4, 0.5) is 5.82 Å². The molecule has 5 rings (SSSR count). The van der Waals surface area contributed by atoms with Gasteiger partial charge in [-0.1, -0.05) is 35.5 Å². The van der Waals surface area contributed by atoms with E-state index < -0.39 is 0 Å². The van der Waals surface area contributed by atoms with Crippen molar-refractivity contribution in [1.82, 2.24) is 25.1 Å². The maximum absolute atomic E-state index is 5.40. The van der Waals surface area contributed by atoms with Crippen molar-refractivity contribution in [2.75, 3.05) is 18.0 Å². The number of piperidine rings is 1. The number of hydrogen-bond donors (Lipinski definition) is 1. The fourth-order valence-corrected chi connectivity index (χ4v) is 3.92. The zero-order valence-corrected chi connectivity index (χ0v) is 16.2. The summed E-state index contributed by atoms with van der Waals surface area (Å²) in [6.45, 7) is 3.61. The summed E-state index contributed by atoms with van der Waals surface area (Å²) in [7, 11) is 0. The number of H-pyrrole nitrogens is 1. The zero-order valence-electron chi connectivity index (χ0n) is 16.2. The van der Waals surface area contributed by atoms with Gasteiger partial charge in [-0.25, -0.2) is 9.97 Å². The first-order valence-electron chi connectivity index (χ1n) is 9.89. The molecule has 1 aliphatic heterocycles. The molecule has 1 unspecified atom stereocenters. The summed E-state index contributed by atoms with van der Waals surface area (Å²) < 4.78 is 5.40. The molecule has 4 heterocycles. The molecule has 1 aliphatic rings. The Morgan fingerprint density at radius 3 is 2.83 bits per heavy atom. The lowest BCUT2D eigenvalue weighted by molar-refractivity contribution is 0.425. The number of rotatable bonds is 4. The second-order valence-corrected chi connectivity index (χ2v) is 7.35. The van der Waals surface area contributed by atoms with Gasteiger partial charge >= 0.3 is 0 Å². The number of nitrogens with zero attached hydrogens (tertiary/aromatic N) is 5. The lowest BCUT2D eigenvalue weighted by atomic mass is 9.97. The molecule has 1 fully saturated rings. The van der Waals surface area contributed by atoms with Gasteiger partial charge in [0.05, 0.1) is 17.5 Å². The van der Waals surface area contributed by atoms with Crippen LogP contribution in [0.2, 0.25) is 0 Å². The SMILES string of the molecule is Cc1noc(-c2cccnc2N2CCCC(c3ncc(-c4ccccc4)[nH]3)C2)n1. The normalized spacial score (nSPS) is 16.9. The lowest BCUT2D eigenvalue weighted by Crippen LogP contribution is -2.35. The molecular weight excluding hydrogens is 364 g/mol. The lowest BCUT2D eigenvalue weighted by Gasteiger charge is -2.33. The Morgan fingerprint density at radius 1 is 1.10 bits per heavy atom. The Hall–Kier alpha value is -3.48. The van der Waals surface area contributed by atoms with Crippen molar-refractivity contribution in [3.63, 3.8) is 0 Å². The molecule has 4 aromatic rings. The highest BCUT2D eigenvalue weighted by atomic mass is 16.5. The Kier molecular flexibility index (Phi) is 4.56. The third-order valence-electron chi connectivity index (χ3n) is 5.33. The van der Waals surface area contributed by atoms with Crippen LogP contribution in [0.15, 0.2) is 59.4 Å². The molecule has 1 atom stereocenters. The molecule has 0 radical (unpaired) electrons. The molecule has 7 heteroatoms. The molecule has 0 bridgehead atoms. The minimum Gasteiger partial charge on any atom is -0.355 e. The van der Waals surface area contributed by atoms with E-state index in [9.17, 15) is 0 Å². The van der Waals surface area contributed by atoms with Crippen molar-refractivity contribution in [3.8, 4) is 22.7 Å². The van der Waals surface area contributed by atoms with Gasteiger partial charge in [0.2, 0.25) is 0 Å². The quantitative estimate of drug-likeness (QED) is 0.565. The van der Waals surface area contributed by atoms with Gasteiger partial charge in [0, 0.05) is 25.2 Å². The molecule has 146 valence electrons. The molecule has 1 N–H and O–H groups in total. The van der Waals surface area contributed by atoms with E-state index in [2.05, 4.69) is 42.1 Å². The monoisotopic (exact) mass is 386 g/mol. The van der Waals surface area contributed by atoms with Gasteiger partial charge < -0.3 is 14.4 Å². The Morgan fingerprint density at radius 2 is 2.00 bits per heavy atom. The third-order valence-corrected chi connectivity index (χ3v) is 5.33. The number of aryl methyl sites for hydroxylation is 1. The van der Waals surface area contributed by atoms with E-state index in [0.29, 0.717) is 17.6 Å². The smallest absolute Gasteiger partial charge is 0.261 e. The number of nitrogens with one attached hydrogen (secondary N) is 1. The number of aromatic amines is 1. The molecule has 0 aliphatic carbocycles. The Balaban J connectivity index is 1.40. The average Bonchev–Trinajstić information content (AvgIpc) is 3.44. The molecule has 0 saturated carbocycles. The molecule has 0 amide bonds. The van der Waals surface area contributed by atoms with Crippen LogP contribution in [0.25, 0.3) is 22.7 Å². The van der Waals surface area contributed by atoms with Gasteiger partial charge in [-0.05, 0) is 37.5 Å². The molecule has 1 aromatic carbocycles. The number of benzene rings is 1. The van der Waals surface area contributed by atoms with Gasteiger partial charge in [-0.3, -0.25) is 0 Å².